The third-order valence-corrected chi connectivity index (χ3v) is 7.76. The lowest BCUT2D eigenvalue weighted by Crippen LogP contribution is -2.30. The largest absolute Gasteiger partial charge is 0.481 e. The van der Waals surface area contributed by atoms with Gasteiger partial charge in [0, 0.05) is 22.8 Å². The van der Waals surface area contributed by atoms with Gasteiger partial charge in [-0.05, 0) is 71.3 Å². The second kappa shape index (κ2) is 15.0. The molecule has 0 aromatic heterocycles. The van der Waals surface area contributed by atoms with Crippen molar-refractivity contribution in [2.24, 2.45) is 0 Å². The summed E-state index contributed by atoms with van der Waals surface area (Å²) in [7, 11) is 0. The van der Waals surface area contributed by atoms with Gasteiger partial charge in [0.15, 0.2) is 0 Å². The van der Waals surface area contributed by atoms with Crippen LogP contribution in [0, 0.1) is 0 Å². The number of amides is 1. The van der Waals surface area contributed by atoms with Crippen molar-refractivity contribution in [3.05, 3.63) is 148 Å². The first-order valence-corrected chi connectivity index (χ1v) is 15.3. The Labute approximate surface area is 287 Å². The SMILES string of the molecule is O=C(O)CC(NC(=O)c1cc(Cl)ccc1NCc1cc(C(F)(F)F)cc(C(F)(F)F)c1)c1ccc(-c2ccccc2Oc2ccccc2)cc1. The molecular formula is C37H27ClF6N2O4. The Bertz CT molecular complexity index is 1950. The number of carboxylic acids is 1. The molecule has 1 atom stereocenters. The van der Waals surface area contributed by atoms with Gasteiger partial charge in [-0.1, -0.05) is 72.3 Å². The van der Waals surface area contributed by atoms with E-state index in [-0.39, 0.29) is 27.9 Å². The highest BCUT2D eigenvalue weighted by molar-refractivity contribution is 6.31. The minimum absolute atomic E-state index is 0.0249. The summed E-state index contributed by atoms with van der Waals surface area (Å²) in [5, 5.41) is 15.1. The molecule has 0 spiro atoms. The molecule has 1 amide bonds. The molecule has 0 fully saturated rings. The van der Waals surface area contributed by atoms with Gasteiger partial charge in [0.25, 0.3) is 5.91 Å². The number of carboxylic acid groups (broad SMARTS) is 1. The maximum Gasteiger partial charge on any atom is 0.416 e. The predicted octanol–water partition coefficient (Wildman–Crippen LogP) is 10.4. The number of benzene rings is 5. The molecule has 50 heavy (non-hydrogen) atoms. The van der Waals surface area contributed by atoms with Crippen molar-refractivity contribution < 1.29 is 45.8 Å². The normalized spacial score (nSPS) is 12.2. The van der Waals surface area contributed by atoms with Crippen molar-refractivity contribution in [1.82, 2.24) is 5.32 Å². The van der Waals surface area contributed by atoms with Crippen LogP contribution in [0.25, 0.3) is 11.1 Å². The van der Waals surface area contributed by atoms with E-state index in [1.54, 1.807) is 24.3 Å². The molecule has 0 aliphatic rings. The molecule has 6 nitrogen and oxygen atoms in total. The van der Waals surface area contributed by atoms with E-state index in [9.17, 15) is 41.0 Å². The fraction of sp³-hybridized carbons (Fsp3) is 0.135. The Kier molecular flexibility index (Phi) is 10.7. The van der Waals surface area contributed by atoms with Crippen molar-refractivity contribution in [2.75, 3.05) is 5.32 Å². The van der Waals surface area contributed by atoms with Crippen LogP contribution in [-0.2, 0) is 23.7 Å². The maximum absolute atomic E-state index is 13.6. The lowest BCUT2D eigenvalue weighted by molar-refractivity contribution is -0.143. The van der Waals surface area contributed by atoms with Gasteiger partial charge in [-0.25, -0.2) is 0 Å². The number of carbonyl (C=O) groups is 2. The summed E-state index contributed by atoms with van der Waals surface area (Å²) in [6.45, 7) is -0.510. The van der Waals surface area contributed by atoms with Crippen LogP contribution in [-0.4, -0.2) is 17.0 Å². The fourth-order valence-corrected chi connectivity index (χ4v) is 5.32. The predicted molar refractivity (Wildman–Crippen MR) is 176 cm³/mol. The van der Waals surface area contributed by atoms with E-state index in [1.807, 2.05) is 54.6 Å². The van der Waals surface area contributed by atoms with Crippen LogP contribution < -0.4 is 15.4 Å². The summed E-state index contributed by atoms with van der Waals surface area (Å²) in [6.07, 6.45) is -10.6. The molecule has 5 aromatic rings. The molecule has 0 heterocycles. The van der Waals surface area contributed by atoms with E-state index in [2.05, 4.69) is 10.6 Å². The number of ether oxygens (including phenoxy) is 1. The summed E-state index contributed by atoms with van der Waals surface area (Å²) < 4.78 is 86.3. The Morgan fingerprint density at radius 1 is 0.760 bits per heavy atom. The Morgan fingerprint density at radius 3 is 2.00 bits per heavy atom. The zero-order valence-electron chi connectivity index (χ0n) is 25.8. The summed E-state index contributed by atoms with van der Waals surface area (Å²) in [4.78, 5) is 25.4. The molecule has 0 saturated heterocycles. The Morgan fingerprint density at radius 2 is 1.38 bits per heavy atom. The second-order valence-electron chi connectivity index (χ2n) is 11.1. The summed E-state index contributed by atoms with van der Waals surface area (Å²) in [5.41, 5.74) is -1.40. The van der Waals surface area contributed by atoms with Gasteiger partial charge >= 0.3 is 18.3 Å². The van der Waals surface area contributed by atoms with Crippen LogP contribution in [0.3, 0.4) is 0 Å². The highest BCUT2D eigenvalue weighted by Gasteiger charge is 2.37. The van der Waals surface area contributed by atoms with Crippen LogP contribution in [0.5, 0.6) is 11.5 Å². The van der Waals surface area contributed by atoms with Crippen molar-refractivity contribution >= 4 is 29.2 Å². The number of carbonyl (C=O) groups excluding carboxylic acids is 1. The van der Waals surface area contributed by atoms with E-state index in [4.69, 9.17) is 16.3 Å². The van der Waals surface area contributed by atoms with Gasteiger partial charge in [-0.3, -0.25) is 9.59 Å². The molecular weight excluding hydrogens is 686 g/mol. The summed E-state index contributed by atoms with van der Waals surface area (Å²) in [6, 6.07) is 27.4. The standard InChI is InChI=1S/C37H27ClF6N2O4/c38-27-14-15-31(45-21-22-16-25(36(39,40)41)18-26(17-22)37(42,43)44)30(19-27)35(49)46-32(20-34(47)48)24-12-10-23(11-13-24)29-8-4-5-9-33(29)50-28-6-2-1-3-7-28/h1-19,32,45H,20-21H2,(H,46,49)(H,47,48). The van der Waals surface area contributed by atoms with Gasteiger partial charge in [0.1, 0.15) is 11.5 Å². The van der Waals surface area contributed by atoms with Crippen molar-refractivity contribution in [2.45, 2.75) is 31.4 Å². The first-order valence-electron chi connectivity index (χ1n) is 14.9. The summed E-state index contributed by atoms with van der Waals surface area (Å²) in [5.74, 6) is -0.776. The lowest BCUT2D eigenvalue weighted by Gasteiger charge is -2.20. The van der Waals surface area contributed by atoms with E-state index < -0.39 is 54.4 Å². The average Bonchev–Trinajstić information content (AvgIpc) is 3.07. The molecule has 1 unspecified atom stereocenters. The molecule has 3 N–H and O–H groups in total. The highest BCUT2D eigenvalue weighted by atomic mass is 35.5. The number of halogens is 7. The first-order chi connectivity index (χ1) is 23.7. The van der Waals surface area contributed by atoms with Crippen LogP contribution in [0.1, 0.15) is 45.1 Å². The number of rotatable bonds is 11. The number of para-hydroxylation sites is 2. The number of hydrogen-bond donors (Lipinski definition) is 3. The van der Waals surface area contributed by atoms with Crippen molar-refractivity contribution in [1.29, 1.82) is 0 Å². The first kappa shape index (κ1) is 35.8. The summed E-state index contributed by atoms with van der Waals surface area (Å²) >= 11 is 6.14. The topological polar surface area (TPSA) is 87.7 Å². The zero-order valence-corrected chi connectivity index (χ0v) is 26.5. The van der Waals surface area contributed by atoms with Crippen molar-refractivity contribution in [3.63, 3.8) is 0 Å². The number of alkyl halides is 6. The van der Waals surface area contributed by atoms with Gasteiger partial charge in [-0.2, -0.15) is 26.3 Å². The number of hydrogen-bond acceptors (Lipinski definition) is 4. The Balaban J connectivity index is 1.38. The molecule has 0 aliphatic carbocycles. The number of nitrogens with one attached hydrogen (secondary N) is 2. The fourth-order valence-electron chi connectivity index (χ4n) is 5.14. The molecule has 258 valence electrons. The molecule has 5 aromatic carbocycles. The monoisotopic (exact) mass is 712 g/mol. The maximum atomic E-state index is 13.6. The number of anilines is 1. The zero-order chi connectivity index (χ0) is 36.1. The third-order valence-electron chi connectivity index (χ3n) is 7.52. The molecule has 0 saturated carbocycles. The molecule has 0 radical (unpaired) electrons. The van der Waals surface area contributed by atoms with Crippen LogP contribution in [0.2, 0.25) is 5.02 Å². The number of aliphatic carboxylic acids is 1. The lowest BCUT2D eigenvalue weighted by atomic mass is 9.98. The highest BCUT2D eigenvalue weighted by Crippen LogP contribution is 2.37. The van der Waals surface area contributed by atoms with Crippen LogP contribution >= 0.6 is 11.6 Å². The average molecular weight is 713 g/mol. The van der Waals surface area contributed by atoms with Crippen molar-refractivity contribution in [3.8, 4) is 22.6 Å². The quantitative estimate of drug-likeness (QED) is 0.119. The Hall–Kier alpha value is -5.49. The third kappa shape index (κ3) is 9.14. The van der Waals surface area contributed by atoms with Gasteiger partial charge in [0.05, 0.1) is 29.2 Å². The van der Waals surface area contributed by atoms with Crippen LogP contribution in [0.4, 0.5) is 32.0 Å². The van der Waals surface area contributed by atoms with Gasteiger partial charge in [0.2, 0.25) is 0 Å². The molecule has 0 bridgehead atoms. The smallest absolute Gasteiger partial charge is 0.416 e. The van der Waals surface area contributed by atoms with E-state index >= 15 is 0 Å². The molecule has 13 heteroatoms. The molecule has 0 aliphatic heterocycles. The van der Waals surface area contributed by atoms with Gasteiger partial charge in [-0.15, -0.1) is 0 Å². The minimum Gasteiger partial charge on any atom is -0.481 e. The van der Waals surface area contributed by atoms with E-state index in [1.165, 1.54) is 18.2 Å². The van der Waals surface area contributed by atoms with Gasteiger partial charge < -0.3 is 20.5 Å². The van der Waals surface area contributed by atoms with E-state index in [0.29, 0.717) is 29.2 Å². The molecule has 5 rings (SSSR count). The minimum atomic E-state index is -5.03. The van der Waals surface area contributed by atoms with Crippen LogP contribution in [0.15, 0.2) is 115 Å². The second-order valence-corrected chi connectivity index (χ2v) is 11.6. The van der Waals surface area contributed by atoms with E-state index in [0.717, 1.165) is 11.1 Å².